The van der Waals surface area contributed by atoms with Gasteiger partial charge < -0.3 is 9.73 Å². The third kappa shape index (κ3) is 4.09. The van der Waals surface area contributed by atoms with Crippen molar-refractivity contribution in [1.29, 1.82) is 0 Å². The molecule has 0 spiro atoms. The molecule has 0 aliphatic heterocycles. The van der Waals surface area contributed by atoms with Crippen molar-refractivity contribution < 1.29 is 17.6 Å². The average Bonchev–Trinajstić information content (AvgIpc) is 3.15. The zero-order valence-corrected chi connectivity index (χ0v) is 17.4. The number of carbonyl (C=O) groups excluding carboxylic acids is 1. The minimum absolute atomic E-state index is 0.0407. The number of sulfone groups is 1. The summed E-state index contributed by atoms with van der Waals surface area (Å²) in [4.78, 5) is 17.5. The van der Waals surface area contributed by atoms with Gasteiger partial charge in [-0.25, -0.2) is 18.1 Å². The molecule has 3 heterocycles. The Hall–Kier alpha value is -2.68. The molecule has 0 atom stereocenters. The van der Waals surface area contributed by atoms with Crippen LogP contribution >= 0.6 is 0 Å². The molecule has 0 radical (unpaired) electrons. The van der Waals surface area contributed by atoms with Crippen LogP contribution in [0.3, 0.4) is 0 Å². The molecule has 0 saturated carbocycles. The van der Waals surface area contributed by atoms with Gasteiger partial charge in [-0.2, -0.15) is 5.10 Å². The van der Waals surface area contributed by atoms with Gasteiger partial charge in [-0.15, -0.1) is 0 Å². The number of hydrogen-bond donors (Lipinski definition) is 1. The Labute approximate surface area is 163 Å². The summed E-state index contributed by atoms with van der Waals surface area (Å²) in [6.45, 7) is 7.71. The predicted molar refractivity (Wildman–Crippen MR) is 107 cm³/mol. The summed E-state index contributed by atoms with van der Waals surface area (Å²) >= 11 is 0. The first-order chi connectivity index (χ1) is 13.1. The van der Waals surface area contributed by atoms with E-state index in [-0.39, 0.29) is 24.2 Å². The Bertz CT molecular complexity index is 1140. The van der Waals surface area contributed by atoms with Gasteiger partial charge in [0, 0.05) is 24.4 Å². The third-order valence-electron chi connectivity index (χ3n) is 4.38. The average molecular weight is 404 g/mol. The number of nitrogens with zero attached hydrogens (tertiary/aromatic N) is 3. The molecule has 0 bridgehead atoms. The number of nitrogens with one attached hydrogen (secondary N) is 1. The van der Waals surface area contributed by atoms with Crippen molar-refractivity contribution in [2.45, 2.75) is 33.7 Å². The highest BCUT2D eigenvalue weighted by molar-refractivity contribution is 7.90. The number of aromatic nitrogens is 3. The van der Waals surface area contributed by atoms with Gasteiger partial charge in [-0.1, -0.05) is 0 Å². The molecule has 3 aromatic heterocycles. The SMILES string of the molecule is Cc1cc(-c2cc(C(=O)NCCS(C)(=O)=O)c3cnn(C(C)C)c3n2)c(C)o1. The van der Waals surface area contributed by atoms with Crippen LogP contribution in [-0.4, -0.2) is 47.6 Å². The van der Waals surface area contributed by atoms with Crippen molar-refractivity contribution >= 4 is 26.8 Å². The van der Waals surface area contributed by atoms with Gasteiger partial charge in [0.1, 0.15) is 21.4 Å². The standard InChI is InChI=1S/C19H24N4O4S/c1-11(2)23-18-16(10-21-23)15(19(24)20-6-7-28(5,25)26)9-17(22-18)14-8-12(3)27-13(14)4/h8-11H,6-7H2,1-5H3,(H,20,24). The summed E-state index contributed by atoms with van der Waals surface area (Å²) in [5.41, 5.74) is 2.41. The number of furan rings is 1. The maximum Gasteiger partial charge on any atom is 0.252 e. The number of aryl methyl sites for hydroxylation is 2. The molecule has 1 N–H and O–H groups in total. The maximum absolute atomic E-state index is 12.8. The van der Waals surface area contributed by atoms with E-state index < -0.39 is 9.84 Å². The zero-order valence-electron chi connectivity index (χ0n) is 16.6. The highest BCUT2D eigenvalue weighted by atomic mass is 32.2. The maximum atomic E-state index is 12.8. The van der Waals surface area contributed by atoms with Crippen molar-refractivity contribution in [3.05, 3.63) is 35.4 Å². The van der Waals surface area contributed by atoms with Gasteiger partial charge in [-0.05, 0) is 39.8 Å². The van der Waals surface area contributed by atoms with E-state index in [1.165, 1.54) is 0 Å². The first-order valence-electron chi connectivity index (χ1n) is 8.98. The van der Waals surface area contributed by atoms with Crippen LogP contribution in [0.15, 0.2) is 22.7 Å². The van der Waals surface area contributed by atoms with Gasteiger partial charge in [0.15, 0.2) is 5.65 Å². The Morgan fingerprint density at radius 2 is 2.00 bits per heavy atom. The lowest BCUT2D eigenvalue weighted by atomic mass is 10.1. The van der Waals surface area contributed by atoms with Crippen LogP contribution in [0.5, 0.6) is 0 Å². The van der Waals surface area contributed by atoms with E-state index in [1.807, 2.05) is 33.8 Å². The van der Waals surface area contributed by atoms with Crippen LogP contribution in [0.1, 0.15) is 41.8 Å². The van der Waals surface area contributed by atoms with Crippen LogP contribution in [0.25, 0.3) is 22.3 Å². The van der Waals surface area contributed by atoms with Crippen LogP contribution < -0.4 is 5.32 Å². The number of amides is 1. The number of rotatable bonds is 6. The number of fused-ring (bicyclic) bond motifs is 1. The molecule has 0 aliphatic rings. The fraction of sp³-hybridized carbons (Fsp3) is 0.421. The lowest BCUT2D eigenvalue weighted by Gasteiger charge is -2.10. The highest BCUT2D eigenvalue weighted by Gasteiger charge is 2.20. The zero-order chi connectivity index (χ0) is 20.6. The van der Waals surface area contributed by atoms with Crippen LogP contribution in [-0.2, 0) is 9.84 Å². The second kappa shape index (κ2) is 7.38. The van der Waals surface area contributed by atoms with Crippen molar-refractivity contribution in [1.82, 2.24) is 20.1 Å². The van der Waals surface area contributed by atoms with Gasteiger partial charge in [0.25, 0.3) is 5.91 Å². The van der Waals surface area contributed by atoms with E-state index in [4.69, 9.17) is 9.40 Å². The lowest BCUT2D eigenvalue weighted by Crippen LogP contribution is -2.29. The quantitative estimate of drug-likeness (QED) is 0.677. The van der Waals surface area contributed by atoms with Crippen LogP contribution in [0, 0.1) is 13.8 Å². The molecule has 150 valence electrons. The first-order valence-corrected chi connectivity index (χ1v) is 11.0. The van der Waals surface area contributed by atoms with Gasteiger partial charge >= 0.3 is 0 Å². The van der Waals surface area contributed by atoms with Crippen molar-refractivity contribution in [3.63, 3.8) is 0 Å². The smallest absolute Gasteiger partial charge is 0.252 e. The Morgan fingerprint density at radius 1 is 1.29 bits per heavy atom. The van der Waals surface area contributed by atoms with Crippen molar-refractivity contribution in [2.75, 3.05) is 18.6 Å². The minimum atomic E-state index is -3.16. The molecule has 9 heteroatoms. The third-order valence-corrected chi connectivity index (χ3v) is 5.32. The van der Waals surface area contributed by atoms with E-state index in [2.05, 4.69) is 10.4 Å². The molecule has 3 aromatic rings. The molecule has 0 fully saturated rings. The largest absolute Gasteiger partial charge is 0.466 e. The van der Waals surface area contributed by atoms with Crippen molar-refractivity contribution in [3.8, 4) is 11.3 Å². The Morgan fingerprint density at radius 3 is 2.57 bits per heavy atom. The molecule has 3 rings (SSSR count). The molecule has 28 heavy (non-hydrogen) atoms. The van der Waals surface area contributed by atoms with E-state index in [0.29, 0.717) is 28.1 Å². The van der Waals surface area contributed by atoms with E-state index in [9.17, 15) is 13.2 Å². The lowest BCUT2D eigenvalue weighted by molar-refractivity contribution is 0.0957. The second-order valence-electron chi connectivity index (χ2n) is 7.19. The fourth-order valence-electron chi connectivity index (χ4n) is 3.05. The monoisotopic (exact) mass is 404 g/mol. The minimum Gasteiger partial charge on any atom is -0.466 e. The summed E-state index contributed by atoms with van der Waals surface area (Å²) in [5.74, 6) is 0.985. The van der Waals surface area contributed by atoms with E-state index >= 15 is 0 Å². The van der Waals surface area contributed by atoms with Gasteiger partial charge in [-0.3, -0.25) is 4.79 Å². The Balaban J connectivity index is 2.10. The first kappa shape index (κ1) is 20.1. The molecule has 0 aliphatic carbocycles. The van der Waals surface area contributed by atoms with E-state index in [0.717, 1.165) is 17.6 Å². The van der Waals surface area contributed by atoms with Crippen LogP contribution in [0.4, 0.5) is 0 Å². The van der Waals surface area contributed by atoms with E-state index in [1.54, 1.807) is 16.9 Å². The molecular formula is C19H24N4O4S. The summed E-state index contributed by atoms with van der Waals surface area (Å²) in [6.07, 6.45) is 2.75. The summed E-state index contributed by atoms with van der Waals surface area (Å²) in [6, 6.07) is 3.64. The molecule has 0 saturated heterocycles. The number of carbonyl (C=O) groups is 1. The molecule has 8 nitrogen and oxygen atoms in total. The Kier molecular flexibility index (Phi) is 5.29. The second-order valence-corrected chi connectivity index (χ2v) is 9.45. The highest BCUT2D eigenvalue weighted by Crippen LogP contribution is 2.30. The van der Waals surface area contributed by atoms with Gasteiger partial charge in [0.05, 0.1) is 28.6 Å². The fourth-order valence-corrected chi connectivity index (χ4v) is 3.52. The predicted octanol–water partition coefficient (Wildman–Crippen LogP) is 2.66. The molecular weight excluding hydrogens is 380 g/mol. The number of hydrogen-bond acceptors (Lipinski definition) is 6. The summed E-state index contributed by atoms with van der Waals surface area (Å²) in [7, 11) is -3.16. The van der Waals surface area contributed by atoms with Crippen molar-refractivity contribution in [2.24, 2.45) is 0 Å². The normalized spacial score (nSPS) is 12.1. The molecule has 0 unspecified atom stereocenters. The van der Waals surface area contributed by atoms with Crippen LogP contribution in [0.2, 0.25) is 0 Å². The summed E-state index contributed by atoms with van der Waals surface area (Å²) in [5, 5.41) is 7.67. The molecule has 0 aromatic carbocycles. The summed E-state index contributed by atoms with van der Waals surface area (Å²) < 4.78 is 30.0. The van der Waals surface area contributed by atoms with Gasteiger partial charge in [0.2, 0.25) is 0 Å². The topological polar surface area (TPSA) is 107 Å². The number of pyridine rings is 1. The molecule has 1 amide bonds.